The van der Waals surface area contributed by atoms with E-state index in [1.165, 1.54) is 0 Å². The summed E-state index contributed by atoms with van der Waals surface area (Å²) in [5, 5.41) is 7.99. The van der Waals surface area contributed by atoms with E-state index in [-0.39, 0.29) is 0 Å². The Morgan fingerprint density at radius 2 is 2.11 bits per heavy atom. The van der Waals surface area contributed by atoms with E-state index in [0.29, 0.717) is 35.5 Å². The van der Waals surface area contributed by atoms with Gasteiger partial charge in [0.05, 0.1) is 16.7 Å². The minimum atomic E-state index is 0.449. The number of aromatic amines is 1. The summed E-state index contributed by atoms with van der Waals surface area (Å²) in [4.78, 5) is 0. The summed E-state index contributed by atoms with van der Waals surface area (Å²) < 4.78 is 5.34. The number of nitrogens with two attached hydrogens (primary N) is 1. The molecule has 1 heterocycles. The van der Waals surface area contributed by atoms with Gasteiger partial charge in [0.15, 0.2) is 5.82 Å². The van der Waals surface area contributed by atoms with Crippen molar-refractivity contribution in [3.63, 3.8) is 0 Å². The molecule has 0 radical (unpaired) electrons. The van der Waals surface area contributed by atoms with E-state index < -0.39 is 0 Å². The highest BCUT2D eigenvalue weighted by atomic mass is 35.5. The second kappa shape index (κ2) is 6.28. The van der Waals surface area contributed by atoms with E-state index in [4.69, 9.17) is 33.7 Å². The number of nitrogens with one attached hydrogen (secondary N) is 1. The highest BCUT2D eigenvalue weighted by Crippen LogP contribution is 2.33. The van der Waals surface area contributed by atoms with Gasteiger partial charge < -0.3 is 10.5 Å². The third-order valence-corrected chi connectivity index (χ3v) is 3.52. The zero-order valence-electron chi connectivity index (χ0n) is 10.5. The third-order valence-electron chi connectivity index (χ3n) is 2.78. The number of H-pyrrole nitrogens is 1. The summed E-state index contributed by atoms with van der Waals surface area (Å²) in [6.45, 7) is 3.26. The van der Waals surface area contributed by atoms with Gasteiger partial charge in [0.2, 0.25) is 0 Å². The standard InChI is InChI=1S/C13H15Cl2N3O/c1-2-19-6-5-11-12(13(16)18-17-11)8-3-4-9(14)10(15)7-8/h3-4,7H,2,5-6H2,1H3,(H3,16,17,18). The van der Waals surface area contributed by atoms with Crippen molar-refractivity contribution in [3.05, 3.63) is 33.9 Å². The normalized spacial score (nSPS) is 10.9. The van der Waals surface area contributed by atoms with Crippen molar-refractivity contribution in [3.8, 4) is 11.1 Å². The summed E-state index contributed by atoms with van der Waals surface area (Å²) >= 11 is 12.0. The van der Waals surface area contributed by atoms with Gasteiger partial charge in [0.25, 0.3) is 0 Å². The molecule has 102 valence electrons. The fourth-order valence-corrected chi connectivity index (χ4v) is 2.17. The lowest BCUT2D eigenvalue weighted by atomic mass is 10.0. The average Bonchev–Trinajstić information content (AvgIpc) is 2.75. The first-order valence-corrected chi connectivity index (χ1v) is 6.75. The molecule has 4 nitrogen and oxygen atoms in total. The zero-order chi connectivity index (χ0) is 13.8. The van der Waals surface area contributed by atoms with E-state index in [9.17, 15) is 0 Å². The van der Waals surface area contributed by atoms with Gasteiger partial charge in [-0.15, -0.1) is 0 Å². The number of anilines is 1. The molecule has 2 rings (SSSR count). The quantitative estimate of drug-likeness (QED) is 0.830. The molecule has 0 aliphatic carbocycles. The smallest absolute Gasteiger partial charge is 0.153 e. The summed E-state index contributed by atoms with van der Waals surface area (Å²) in [5.41, 5.74) is 8.60. The van der Waals surface area contributed by atoms with Crippen LogP contribution in [0.15, 0.2) is 18.2 Å². The van der Waals surface area contributed by atoms with Crippen LogP contribution >= 0.6 is 23.2 Å². The number of nitrogens with zero attached hydrogens (tertiary/aromatic N) is 1. The fourth-order valence-electron chi connectivity index (χ4n) is 1.87. The van der Waals surface area contributed by atoms with Gasteiger partial charge in [-0.3, -0.25) is 5.10 Å². The Kier molecular flexibility index (Phi) is 4.69. The Balaban J connectivity index is 2.32. The van der Waals surface area contributed by atoms with Gasteiger partial charge in [-0.05, 0) is 24.6 Å². The van der Waals surface area contributed by atoms with E-state index in [1.807, 2.05) is 13.0 Å². The van der Waals surface area contributed by atoms with Crippen LogP contribution in [0.3, 0.4) is 0 Å². The number of benzene rings is 1. The second-order valence-electron chi connectivity index (χ2n) is 4.04. The number of hydrogen-bond donors (Lipinski definition) is 2. The van der Waals surface area contributed by atoms with E-state index in [0.717, 1.165) is 16.8 Å². The molecule has 3 N–H and O–H groups in total. The van der Waals surface area contributed by atoms with Gasteiger partial charge in [-0.1, -0.05) is 29.3 Å². The number of rotatable bonds is 5. The number of aromatic nitrogens is 2. The van der Waals surface area contributed by atoms with Crippen molar-refractivity contribution < 1.29 is 4.74 Å². The van der Waals surface area contributed by atoms with E-state index in [2.05, 4.69) is 10.2 Å². The van der Waals surface area contributed by atoms with Crippen molar-refractivity contribution >= 4 is 29.0 Å². The number of hydrogen-bond acceptors (Lipinski definition) is 3. The molecule has 0 aliphatic rings. The van der Waals surface area contributed by atoms with Gasteiger partial charge in [-0.25, -0.2) is 0 Å². The van der Waals surface area contributed by atoms with Crippen molar-refractivity contribution in [2.45, 2.75) is 13.3 Å². The van der Waals surface area contributed by atoms with Crippen LogP contribution in [0.5, 0.6) is 0 Å². The average molecular weight is 300 g/mol. The molecule has 0 amide bonds. The van der Waals surface area contributed by atoms with E-state index >= 15 is 0 Å². The van der Waals surface area contributed by atoms with E-state index in [1.54, 1.807) is 12.1 Å². The lowest BCUT2D eigenvalue weighted by Crippen LogP contribution is -2.00. The minimum absolute atomic E-state index is 0.449. The SMILES string of the molecule is CCOCCc1[nH]nc(N)c1-c1ccc(Cl)c(Cl)c1. The van der Waals surface area contributed by atoms with Gasteiger partial charge in [0, 0.05) is 24.3 Å². The molecular weight excluding hydrogens is 285 g/mol. The molecule has 1 aromatic carbocycles. The van der Waals surface area contributed by atoms with Crippen LogP contribution in [0.1, 0.15) is 12.6 Å². The predicted molar refractivity (Wildman–Crippen MR) is 78.7 cm³/mol. The predicted octanol–water partition coefficient (Wildman–Crippen LogP) is 3.54. The first-order chi connectivity index (χ1) is 9.13. The maximum absolute atomic E-state index is 6.03. The summed E-state index contributed by atoms with van der Waals surface area (Å²) in [6, 6.07) is 5.41. The molecule has 0 aliphatic heterocycles. The third kappa shape index (κ3) is 3.21. The van der Waals surface area contributed by atoms with Crippen LogP contribution in [-0.4, -0.2) is 23.4 Å². The molecule has 0 fully saturated rings. The number of nitrogen functional groups attached to an aromatic ring is 1. The molecule has 0 atom stereocenters. The zero-order valence-corrected chi connectivity index (χ0v) is 12.1. The Bertz CT molecular complexity index is 569. The Morgan fingerprint density at radius 3 is 2.79 bits per heavy atom. The first kappa shape index (κ1) is 14.2. The lowest BCUT2D eigenvalue weighted by Gasteiger charge is -2.06. The fraction of sp³-hybridized carbons (Fsp3) is 0.308. The summed E-state index contributed by atoms with van der Waals surface area (Å²) in [5.74, 6) is 0.449. The molecule has 6 heteroatoms. The van der Waals surface area contributed by atoms with Crippen LogP contribution in [0.2, 0.25) is 10.0 Å². The Labute approximate surface area is 121 Å². The molecule has 0 saturated carbocycles. The largest absolute Gasteiger partial charge is 0.382 e. The van der Waals surface area contributed by atoms with Crippen molar-refractivity contribution in [2.24, 2.45) is 0 Å². The topological polar surface area (TPSA) is 63.9 Å². The molecule has 0 unspecified atom stereocenters. The second-order valence-corrected chi connectivity index (χ2v) is 4.85. The summed E-state index contributed by atoms with van der Waals surface area (Å²) in [7, 11) is 0. The van der Waals surface area contributed by atoms with Crippen LogP contribution in [0.4, 0.5) is 5.82 Å². The highest BCUT2D eigenvalue weighted by molar-refractivity contribution is 6.42. The van der Waals surface area contributed by atoms with Gasteiger partial charge in [-0.2, -0.15) is 5.10 Å². The number of halogens is 2. The van der Waals surface area contributed by atoms with Gasteiger partial charge >= 0.3 is 0 Å². The van der Waals surface area contributed by atoms with Crippen LogP contribution in [0.25, 0.3) is 11.1 Å². The monoisotopic (exact) mass is 299 g/mol. The van der Waals surface area contributed by atoms with Crippen LogP contribution in [-0.2, 0) is 11.2 Å². The van der Waals surface area contributed by atoms with Crippen molar-refractivity contribution in [1.82, 2.24) is 10.2 Å². The molecule has 0 saturated heterocycles. The Morgan fingerprint density at radius 1 is 1.32 bits per heavy atom. The highest BCUT2D eigenvalue weighted by Gasteiger charge is 2.14. The van der Waals surface area contributed by atoms with Crippen LogP contribution in [0, 0.1) is 0 Å². The maximum atomic E-state index is 6.03. The molecule has 1 aromatic heterocycles. The maximum Gasteiger partial charge on any atom is 0.153 e. The summed E-state index contributed by atoms with van der Waals surface area (Å²) in [6.07, 6.45) is 0.716. The molecule has 0 bridgehead atoms. The molecule has 2 aromatic rings. The molecule has 19 heavy (non-hydrogen) atoms. The minimum Gasteiger partial charge on any atom is -0.382 e. The first-order valence-electron chi connectivity index (χ1n) is 5.99. The van der Waals surface area contributed by atoms with Gasteiger partial charge in [0.1, 0.15) is 0 Å². The number of ether oxygens (including phenoxy) is 1. The Hall–Kier alpha value is -1.23. The van der Waals surface area contributed by atoms with Crippen LogP contribution < -0.4 is 5.73 Å². The lowest BCUT2D eigenvalue weighted by molar-refractivity contribution is 0.150. The van der Waals surface area contributed by atoms with Crippen molar-refractivity contribution in [1.29, 1.82) is 0 Å². The van der Waals surface area contributed by atoms with Crippen molar-refractivity contribution in [2.75, 3.05) is 18.9 Å². The molecule has 0 spiro atoms. The molecular formula is C13H15Cl2N3O.